The van der Waals surface area contributed by atoms with Crippen molar-refractivity contribution in [3.05, 3.63) is 0 Å². The Hall–Kier alpha value is -0.0400. The van der Waals surface area contributed by atoms with Crippen LogP contribution in [0.4, 0.5) is 0 Å². The lowest BCUT2D eigenvalue weighted by Gasteiger charge is -2.34. The van der Waals surface area contributed by atoms with Crippen LogP contribution in [-0.2, 0) is 0 Å². The standard InChI is InChI=1S/C11H20O/c1-8-4-5-11(9(12)6-8)7-10(11,2)3/h8-9,12H,4-7H2,1-3H3/t8-,9-,11+/m0/s1. The lowest BCUT2D eigenvalue weighted by atomic mass is 9.74. The molecule has 2 rings (SSSR count). The molecule has 1 heteroatoms. The summed E-state index contributed by atoms with van der Waals surface area (Å²) in [6, 6.07) is 0. The molecule has 12 heavy (non-hydrogen) atoms. The van der Waals surface area contributed by atoms with Crippen LogP contribution in [0.3, 0.4) is 0 Å². The van der Waals surface area contributed by atoms with Gasteiger partial charge in [-0.2, -0.15) is 0 Å². The zero-order chi connectivity index (χ0) is 8.98. The maximum absolute atomic E-state index is 10.0. The zero-order valence-corrected chi connectivity index (χ0v) is 8.43. The average Bonchev–Trinajstić information content (AvgIpc) is 2.48. The quantitative estimate of drug-likeness (QED) is 0.589. The number of rotatable bonds is 0. The number of hydrogen-bond donors (Lipinski definition) is 1. The highest BCUT2D eigenvalue weighted by Crippen LogP contribution is 2.70. The summed E-state index contributed by atoms with van der Waals surface area (Å²) in [6.45, 7) is 6.85. The normalized spacial score (nSPS) is 51.0. The van der Waals surface area contributed by atoms with Crippen molar-refractivity contribution in [2.45, 2.75) is 52.6 Å². The Morgan fingerprint density at radius 1 is 1.33 bits per heavy atom. The summed E-state index contributed by atoms with van der Waals surface area (Å²) in [7, 11) is 0. The molecule has 0 amide bonds. The first-order valence-electron chi connectivity index (χ1n) is 5.16. The van der Waals surface area contributed by atoms with E-state index in [1.54, 1.807) is 0 Å². The first-order valence-corrected chi connectivity index (χ1v) is 5.16. The van der Waals surface area contributed by atoms with Gasteiger partial charge in [0, 0.05) is 5.41 Å². The number of aliphatic hydroxyl groups is 1. The minimum Gasteiger partial charge on any atom is -0.393 e. The van der Waals surface area contributed by atoms with Gasteiger partial charge < -0.3 is 5.11 Å². The van der Waals surface area contributed by atoms with E-state index in [0.29, 0.717) is 10.8 Å². The van der Waals surface area contributed by atoms with Gasteiger partial charge in [-0.3, -0.25) is 0 Å². The fourth-order valence-corrected chi connectivity index (χ4v) is 3.14. The fraction of sp³-hybridized carbons (Fsp3) is 1.00. The molecule has 0 aromatic carbocycles. The van der Waals surface area contributed by atoms with E-state index in [0.717, 1.165) is 12.3 Å². The van der Waals surface area contributed by atoms with Crippen LogP contribution in [0.2, 0.25) is 0 Å². The Kier molecular flexibility index (Phi) is 1.61. The maximum Gasteiger partial charge on any atom is 0.0604 e. The summed E-state index contributed by atoms with van der Waals surface area (Å²) in [5.41, 5.74) is 0.742. The van der Waals surface area contributed by atoms with E-state index in [9.17, 15) is 5.11 Å². The highest BCUT2D eigenvalue weighted by atomic mass is 16.3. The molecular weight excluding hydrogens is 148 g/mol. The first kappa shape index (κ1) is 8.55. The molecule has 2 saturated carbocycles. The lowest BCUT2D eigenvalue weighted by Crippen LogP contribution is -2.33. The largest absolute Gasteiger partial charge is 0.393 e. The second-order valence-corrected chi connectivity index (χ2v) is 5.61. The van der Waals surface area contributed by atoms with E-state index in [4.69, 9.17) is 0 Å². The molecule has 0 heterocycles. The van der Waals surface area contributed by atoms with Crippen LogP contribution >= 0.6 is 0 Å². The van der Waals surface area contributed by atoms with E-state index >= 15 is 0 Å². The Morgan fingerprint density at radius 2 is 1.92 bits per heavy atom. The van der Waals surface area contributed by atoms with Gasteiger partial charge in [0.05, 0.1) is 6.10 Å². The molecule has 2 fully saturated rings. The molecule has 0 radical (unpaired) electrons. The van der Waals surface area contributed by atoms with Crippen molar-refractivity contribution < 1.29 is 5.11 Å². The third-order valence-corrected chi connectivity index (χ3v) is 4.33. The highest BCUT2D eigenvalue weighted by molar-refractivity contribution is 5.14. The number of hydrogen-bond acceptors (Lipinski definition) is 1. The Morgan fingerprint density at radius 3 is 2.33 bits per heavy atom. The van der Waals surface area contributed by atoms with Gasteiger partial charge in [-0.15, -0.1) is 0 Å². The van der Waals surface area contributed by atoms with E-state index in [-0.39, 0.29) is 6.10 Å². The fourth-order valence-electron chi connectivity index (χ4n) is 3.14. The molecule has 2 aliphatic carbocycles. The first-order chi connectivity index (χ1) is 5.48. The van der Waals surface area contributed by atoms with Gasteiger partial charge in [-0.1, -0.05) is 20.8 Å². The predicted octanol–water partition coefficient (Wildman–Crippen LogP) is 2.58. The van der Waals surface area contributed by atoms with Crippen molar-refractivity contribution in [3.63, 3.8) is 0 Å². The highest BCUT2D eigenvalue weighted by Gasteiger charge is 2.65. The van der Waals surface area contributed by atoms with Crippen LogP contribution < -0.4 is 0 Å². The van der Waals surface area contributed by atoms with Gasteiger partial charge in [-0.05, 0) is 37.0 Å². The Bertz CT molecular complexity index is 197. The third-order valence-electron chi connectivity index (χ3n) is 4.33. The molecule has 1 nitrogen and oxygen atoms in total. The van der Waals surface area contributed by atoms with Crippen LogP contribution in [0.15, 0.2) is 0 Å². The molecule has 0 saturated heterocycles. The van der Waals surface area contributed by atoms with Crippen LogP contribution in [0, 0.1) is 16.7 Å². The molecule has 0 unspecified atom stereocenters. The van der Waals surface area contributed by atoms with Crippen LogP contribution in [0.1, 0.15) is 46.5 Å². The molecule has 0 aromatic heterocycles. The average molecular weight is 168 g/mol. The van der Waals surface area contributed by atoms with Crippen LogP contribution in [-0.4, -0.2) is 11.2 Å². The molecule has 70 valence electrons. The van der Waals surface area contributed by atoms with Gasteiger partial charge in [0.1, 0.15) is 0 Å². The van der Waals surface area contributed by atoms with Crippen LogP contribution in [0.5, 0.6) is 0 Å². The third kappa shape index (κ3) is 0.953. The molecule has 0 aromatic rings. The molecule has 3 atom stereocenters. The van der Waals surface area contributed by atoms with Crippen molar-refractivity contribution in [1.82, 2.24) is 0 Å². The summed E-state index contributed by atoms with van der Waals surface area (Å²) in [4.78, 5) is 0. The predicted molar refractivity (Wildman–Crippen MR) is 49.9 cm³/mol. The number of aliphatic hydroxyl groups excluding tert-OH is 1. The lowest BCUT2D eigenvalue weighted by molar-refractivity contribution is 0.0144. The minimum absolute atomic E-state index is 0.0174. The van der Waals surface area contributed by atoms with Crippen LogP contribution in [0.25, 0.3) is 0 Å². The van der Waals surface area contributed by atoms with Gasteiger partial charge in [0.15, 0.2) is 0 Å². The molecule has 2 aliphatic rings. The topological polar surface area (TPSA) is 20.2 Å². The summed E-state index contributed by atoms with van der Waals surface area (Å²) in [6.07, 6.45) is 4.83. The van der Waals surface area contributed by atoms with Crippen molar-refractivity contribution in [1.29, 1.82) is 0 Å². The van der Waals surface area contributed by atoms with Gasteiger partial charge in [-0.25, -0.2) is 0 Å². The molecule has 0 bridgehead atoms. The summed E-state index contributed by atoms with van der Waals surface area (Å²) >= 11 is 0. The molecule has 1 spiro atoms. The summed E-state index contributed by atoms with van der Waals surface area (Å²) in [5.74, 6) is 0.738. The summed E-state index contributed by atoms with van der Waals surface area (Å²) in [5, 5.41) is 10.0. The second kappa shape index (κ2) is 2.25. The van der Waals surface area contributed by atoms with Crippen molar-refractivity contribution in [3.8, 4) is 0 Å². The molecular formula is C11H20O. The smallest absolute Gasteiger partial charge is 0.0604 e. The summed E-state index contributed by atoms with van der Waals surface area (Å²) < 4.78 is 0. The van der Waals surface area contributed by atoms with Gasteiger partial charge in [0.2, 0.25) is 0 Å². The Balaban J connectivity index is 2.10. The molecule has 0 aliphatic heterocycles. The monoisotopic (exact) mass is 168 g/mol. The zero-order valence-electron chi connectivity index (χ0n) is 8.43. The Labute approximate surface area is 75.2 Å². The van der Waals surface area contributed by atoms with Crippen molar-refractivity contribution in [2.24, 2.45) is 16.7 Å². The van der Waals surface area contributed by atoms with E-state index in [1.807, 2.05) is 0 Å². The SMILES string of the molecule is C[C@H]1CC[C@@]2(CC2(C)C)[C@@H](O)C1. The minimum atomic E-state index is -0.0174. The van der Waals surface area contributed by atoms with E-state index in [1.165, 1.54) is 19.3 Å². The second-order valence-electron chi connectivity index (χ2n) is 5.61. The maximum atomic E-state index is 10.0. The van der Waals surface area contributed by atoms with E-state index < -0.39 is 0 Å². The van der Waals surface area contributed by atoms with E-state index in [2.05, 4.69) is 20.8 Å². The van der Waals surface area contributed by atoms with Gasteiger partial charge >= 0.3 is 0 Å². The van der Waals surface area contributed by atoms with Crippen molar-refractivity contribution in [2.75, 3.05) is 0 Å². The van der Waals surface area contributed by atoms with Gasteiger partial charge in [0.25, 0.3) is 0 Å². The van der Waals surface area contributed by atoms with Crippen molar-refractivity contribution >= 4 is 0 Å². The molecule has 1 N–H and O–H groups in total.